The first-order chi connectivity index (χ1) is 13.3. The van der Waals surface area contributed by atoms with Crippen molar-refractivity contribution in [1.82, 2.24) is 4.90 Å². The number of nitrogens with zero attached hydrogens (tertiary/aromatic N) is 1. The molecule has 3 unspecified atom stereocenters. The highest BCUT2D eigenvalue weighted by atomic mass is 16.5. The number of furan rings is 1. The number of nitrogens with one attached hydrogen (secondary N) is 2. The van der Waals surface area contributed by atoms with Crippen LogP contribution in [0.4, 0.5) is 11.4 Å². The van der Waals surface area contributed by atoms with Gasteiger partial charge in [-0.25, -0.2) is 0 Å². The van der Waals surface area contributed by atoms with Gasteiger partial charge in [-0.2, -0.15) is 0 Å². The van der Waals surface area contributed by atoms with Gasteiger partial charge < -0.3 is 19.8 Å². The van der Waals surface area contributed by atoms with Gasteiger partial charge in [-0.3, -0.25) is 14.5 Å². The SMILES string of the molecule is Cc1cc(NC(=O)C(C)N2CC(C)OC(C)C2)ccc1NC(=O)c1ccco1. The second-order valence-corrected chi connectivity index (χ2v) is 7.34. The molecule has 0 radical (unpaired) electrons. The van der Waals surface area contributed by atoms with Gasteiger partial charge in [0.05, 0.1) is 24.5 Å². The van der Waals surface area contributed by atoms with Gasteiger partial charge in [-0.05, 0) is 63.6 Å². The minimum absolute atomic E-state index is 0.0620. The number of carbonyl (C=O) groups is 2. The molecule has 2 N–H and O–H groups in total. The van der Waals surface area contributed by atoms with Gasteiger partial charge in [0.1, 0.15) is 0 Å². The second kappa shape index (κ2) is 8.58. The van der Waals surface area contributed by atoms with Crippen molar-refractivity contribution in [3.8, 4) is 0 Å². The Bertz CT molecular complexity index is 824. The second-order valence-electron chi connectivity index (χ2n) is 7.34. The third-order valence-electron chi connectivity index (χ3n) is 4.86. The number of amides is 2. The van der Waals surface area contributed by atoms with E-state index in [0.29, 0.717) is 11.4 Å². The summed E-state index contributed by atoms with van der Waals surface area (Å²) in [6.07, 6.45) is 1.67. The summed E-state index contributed by atoms with van der Waals surface area (Å²) in [4.78, 5) is 26.9. The van der Waals surface area contributed by atoms with Crippen LogP contribution >= 0.6 is 0 Å². The summed E-state index contributed by atoms with van der Waals surface area (Å²) in [5.74, 6) is -0.123. The van der Waals surface area contributed by atoms with Crippen LogP contribution in [0.5, 0.6) is 0 Å². The van der Waals surface area contributed by atoms with Gasteiger partial charge in [0.2, 0.25) is 5.91 Å². The normalized spacial score (nSPS) is 21.1. The highest BCUT2D eigenvalue weighted by Gasteiger charge is 2.29. The van der Waals surface area contributed by atoms with Gasteiger partial charge >= 0.3 is 0 Å². The fourth-order valence-corrected chi connectivity index (χ4v) is 3.42. The molecule has 150 valence electrons. The Hall–Kier alpha value is -2.64. The van der Waals surface area contributed by atoms with Gasteiger partial charge in [0, 0.05) is 24.5 Å². The van der Waals surface area contributed by atoms with Gasteiger partial charge in [-0.1, -0.05) is 0 Å². The molecule has 1 aliphatic rings. The first kappa shape index (κ1) is 20.1. The van der Waals surface area contributed by atoms with Crippen LogP contribution in [0.2, 0.25) is 0 Å². The molecule has 2 heterocycles. The lowest BCUT2D eigenvalue weighted by atomic mass is 10.1. The smallest absolute Gasteiger partial charge is 0.291 e. The first-order valence-electron chi connectivity index (χ1n) is 9.49. The zero-order valence-corrected chi connectivity index (χ0v) is 16.7. The van der Waals surface area contributed by atoms with Crippen LogP contribution in [0.1, 0.15) is 36.9 Å². The molecule has 7 nitrogen and oxygen atoms in total. The maximum Gasteiger partial charge on any atom is 0.291 e. The van der Waals surface area contributed by atoms with Crippen molar-refractivity contribution in [2.24, 2.45) is 0 Å². The van der Waals surface area contributed by atoms with Gasteiger partial charge in [-0.15, -0.1) is 0 Å². The summed E-state index contributed by atoms with van der Waals surface area (Å²) in [6.45, 7) is 9.29. The fourth-order valence-electron chi connectivity index (χ4n) is 3.42. The zero-order valence-electron chi connectivity index (χ0n) is 16.7. The van der Waals surface area contributed by atoms with E-state index in [4.69, 9.17) is 9.15 Å². The molecule has 1 saturated heterocycles. The average Bonchev–Trinajstić information content (AvgIpc) is 3.17. The molecular weight excluding hydrogens is 358 g/mol. The van der Waals surface area contributed by atoms with Gasteiger partial charge in [0.15, 0.2) is 5.76 Å². The van der Waals surface area contributed by atoms with Crippen LogP contribution in [0.3, 0.4) is 0 Å². The molecule has 0 spiro atoms. The minimum atomic E-state index is -0.311. The first-order valence-corrected chi connectivity index (χ1v) is 9.49. The van der Waals surface area contributed by atoms with Crippen molar-refractivity contribution in [2.45, 2.75) is 45.9 Å². The van der Waals surface area contributed by atoms with Crippen molar-refractivity contribution in [3.05, 3.63) is 47.9 Å². The molecule has 28 heavy (non-hydrogen) atoms. The van der Waals surface area contributed by atoms with E-state index in [9.17, 15) is 9.59 Å². The van der Waals surface area contributed by atoms with Crippen LogP contribution in [0.15, 0.2) is 41.0 Å². The standard InChI is InChI=1S/C21H27N3O4/c1-13-10-17(7-8-18(13)23-21(26)19-6-5-9-27-19)22-20(25)16(4)24-11-14(2)28-15(3)12-24/h5-10,14-16H,11-12H2,1-4H3,(H,22,25)(H,23,26). The molecule has 2 aromatic rings. The van der Waals surface area contributed by atoms with Crippen molar-refractivity contribution >= 4 is 23.2 Å². The maximum absolute atomic E-state index is 12.7. The third-order valence-corrected chi connectivity index (χ3v) is 4.86. The van der Waals surface area contributed by atoms with Crippen molar-refractivity contribution in [3.63, 3.8) is 0 Å². The van der Waals surface area contributed by atoms with E-state index in [2.05, 4.69) is 15.5 Å². The number of ether oxygens (including phenoxy) is 1. The largest absolute Gasteiger partial charge is 0.459 e. The molecule has 7 heteroatoms. The Morgan fingerprint density at radius 3 is 2.46 bits per heavy atom. The summed E-state index contributed by atoms with van der Waals surface area (Å²) in [6, 6.07) is 8.40. The summed E-state index contributed by atoms with van der Waals surface area (Å²) in [5.41, 5.74) is 2.21. The van der Waals surface area contributed by atoms with Crippen LogP contribution in [-0.2, 0) is 9.53 Å². The number of carbonyl (C=O) groups excluding carboxylic acids is 2. The molecule has 2 amide bonds. The Balaban J connectivity index is 1.62. The molecule has 3 atom stereocenters. The quantitative estimate of drug-likeness (QED) is 0.825. The molecule has 0 aliphatic carbocycles. The number of anilines is 2. The molecule has 0 saturated carbocycles. The summed E-state index contributed by atoms with van der Waals surface area (Å²) in [5, 5.41) is 5.77. The van der Waals surface area contributed by atoms with E-state index in [1.165, 1.54) is 6.26 Å². The molecule has 0 bridgehead atoms. The summed E-state index contributed by atoms with van der Waals surface area (Å²) in [7, 11) is 0. The van der Waals surface area contributed by atoms with E-state index in [-0.39, 0.29) is 35.8 Å². The lowest BCUT2D eigenvalue weighted by molar-refractivity contribution is -0.126. The highest BCUT2D eigenvalue weighted by Crippen LogP contribution is 2.21. The number of hydrogen-bond donors (Lipinski definition) is 2. The average molecular weight is 385 g/mol. The van der Waals surface area contributed by atoms with Crippen LogP contribution in [-0.4, -0.2) is 48.1 Å². The highest BCUT2D eigenvalue weighted by molar-refractivity contribution is 6.03. The number of aryl methyl sites for hydroxylation is 1. The van der Waals surface area contributed by atoms with E-state index in [0.717, 1.165) is 18.7 Å². The number of rotatable bonds is 5. The van der Waals surface area contributed by atoms with Crippen LogP contribution in [0, 0.1) is 6.92 Å². The van der Waals surface area contributed by atoms with Crippen LogP contribution < -0.4 is 10.6 Å². The molecule has 1 aliphatic heterocycles. The third kappa shape index (κ3) is 4.79. The molecule has 1 fully saturated rings. The van der Waals surface area contributed by atoms with Crippen LogP contribution in [0.25, 0.3) is 0 Å². The predicted molar refractivity (Wildman–Crippen MR) is 108 cm³/mol. The van der Waals surface area contributed by atoms with E-state index in [1.807, 2.05) is 33.8 Å². The summed E-state index contributed by atoms with van der Waals surface area (Å²) >= 11 is 0. The fraction of sp³-hybridized carbons (Fsp3) is 0.429. The lowest BCUT2D eigenvalue weighted by Gasteiger charge is -2.38. The lowest BCUT2D eigenvalue weighted by Crippen LogP contribution is -2.52. The zero-order chi connectivity index (χ0) is 20.3. The maximum atomic E-state index is 12.7. The van der Waals surface area contributed by atoms with E-state index >= 15 is 0 Å². The Morgan fingerprint density at radius 1 is 1.14 bits per heavy atom. The number of morpholine rings is 1. The predicted octanol–water partition coefficient (Wildman–Crippen LogP) is 3.28. The van der Waals surface area contributed by atoms with Crippen molar-refractivity contribution in [1.29, 1.82) is 0 Å². The molecular formula is C21H27N3O4. The number of hydrogen-bond acceptors (Lipinski definition) is 5. The minimum Gasteiger partial charge on any atom is -0.459 e. The van der Waals surface area contributed by atoms with Crippen molar-refractivity contribution in [2.75, 3.05) is 23.7 Å². The molecule has 3 rings (SSSR count). The Labute approximate surface area is 165 Å². The topological polar surface area (TPSA) is 83.8 Å². The van der Waals surface area contributed by atoms with E-state index < -0.39 is 0 Å². The molecule has 1 aromatic carbocycles. The van der Waals surface area contributed by atoms with E-state index in [1.54, 1.807) is 24.3 Å². The Kier molecular flexibility index (Phi) is 6.16. The molecule has 1 aromatic heterocycles. The van der Waals surface area contributed by atoms with Gasteiger partial charge in [0.25, 0.3) is 5.91 Å². The summed E-state index contributed by atoms with van der Waals surface area (Å²) < 4.78 is 10.8. The van der Waals surface area contributed by atoms with Crippen molar-refractivity contribution < 1.29 is 18.7 Å². The monoisotopic (exact) mass is 385 g/mol. The number of benzene rings is 1. The Morgan fingerprint density at radius 2 is 1.86 bits per heavy atom.